The second kappa shape index (κ2) is 4.58. The molecule has 0 aromatic carbocycles. The lowest BCUT2D eigenvalue weighted by atomic mass is 10.1. The molecule has 2 N–H and O–H groups in total. The number of hydrogen-bond acceptors (Lipinski definition) is 5. The van der Waals surface area contributed by atoms with Crippen molar-refractivity contribution in [3.63, 3.8) is 0 Å². The molecule has 3 rings (SSSR count). The molecular weight excluding hydrogens is 309 g/mol. The summed E-state index contributed by atoms with van der Waals surface area (Å²) < 4.78 is 39.1. The SMILES string of the molecule is O=C(O)C1=CC(c2ccsc2)n2nc(C(F)(F)F)nc2N1. The molecule has 10 heteroatoms. The molecule has 6 nitrogen and oxygen atoms in total. The van der Waals surface area contributed by atoms with Gasteiger partial charge in [0.2, 0.25) is 5.95 Å². The van der Waals surface area contributed by atoms with Crippen LogP contribution in [-0.4, -0.2) is 25.8 Å². The molecule has 1 unspecified atom stereocenters. The van der Waals surface area contributed by atoms with Gasteiger partial charge in [0.1, 0.15) is 11.7 Å². The maximum Gasteiger partial charge on any atom is 0.453 e. The molecule has 2 aromatic rings. The predicted octanol–water partition coefficient (Wildman–Crippen LogP) is 2.34. The number of allylic oxidation sites excluding steroid dienone is 1. The molecule has 0 fully saturated rings. The van der Waals surface area contributed by atoms with Crippen molar-refractivity contribution >= 4 is 23.3 Å². The first-order valence-electron chi connectivity index (χ1n) is 5.64. The van der Waals surface area contributed by atoms with Gasteiger partial charge < -0.3 is 10.4 Å². The van der Waals surface area contributed by atoms with E-state index in [4.69, 9.17) is 5.11 Å². The lowest BCUT2D eigenvalue weighted by Crippen LogP contribution is -2.24. The van der Waals surface area contributed by atoms with E-state index in [1.807, 2.05) is 0 Å². The second-order valence-corrected chi connectivity index (χ2v) is 4.99. The van der Waals surface area contributed by atoms with Gasteiger partial charge >= 0.3 is 12.1 Å². The van der Waals surface area contributed by atoms with E-state index < -0.39 is 24.0 Å². The summed E-state index contributed by atoms with van der Waals surface area (Å²) in [6.45, 7) is 0. The Morgan fingerprint density at radius 2 is 2.24 bits per heavy atom. The third-order valence-electron chi connectivity index (χ3n) is 2.83. The zero-order valence-corrected chi connectivity index (χ0v) is 10.9. The molecule has 21 heavy (non-hydrogen) atoms. The van der Waals surface area contributed by atoms with E-state index in [2.05, 4.69) is 15.4 Å². The van der Waals surface area contributed by atoms with E-state index in [9.17, 15) is 18.0 Å². The number of alkyl halides is 3. The van der Waals surface area contributed by atoms with Crippen molar-refractivity contribution in [1.82, 2.24) is 14.8 Å². The summed E-state index contributed by atoms with van der Waals surface area (Å²) in [5.74, 6) is -2.85. The minimum absolute atomic E-state index is 0.236. The van der Waals surface area contributed by atoms with Crippen molar-refractivity contribution in [3.05, 3.63) is 40.0 Å². The lowest BCUT2D eigenvalue weighted by Gasteiger charge is -2.21. The van der Waals surface area contributed by atoms with Crippen LogP contribution in [0.2, 0.25) is 0 Å². The number of hydrogen-bond donors (Lipinski definition) is 2. The number of anilines is 1. The Balaban J connectivity index is 2.11. The molecular formula is C11H7F3N4O2S. The van der Waals surface area contributed by atoms with E-state index in [-0.39, 0.29) is 11.6 Å². The van der Waals surface area contributed by atoms with Crippen molar-refractivity contribution in [1.29, 1.82) is 0 Å². The summed E-state index contributed by atoms with van der Waals surface area (Å²) in [6.07, 6.45) is -3.40. The molecule has 0 radical (unpaired) electrons. The van der Waals surface area contributed by atoms with Crippen molar-refractivity contribution in [2.24, 2.45) is 0 Å². The number of nitrogens with one attached hydrogen (secondary N) is 1. The Morgan fingerprint density at radius 1 is 1.48 bits per heavy atom. The molecule has 0 aliphatic carbocycles. The standard InChI is InChI=1S/C11H7F3N4O2S/c12-11(13,14)9-16-10-15-6(8(19)20)3-7(18(10)17-9)5-1-2-21-4-5/h1-4,7H,(H,19,20)(H,15,16,17). The molecule has 0 saturated carbocycles. The van der Waals surface area contributed by atoms with Crippen LogP contribution in [0.25, 0.3) is 0 Å². The third-order valence-corrected chi connectivity index (χ3v) is 3.54. The van der Waals surface area contributed by atoms with Gasteiger partial charge in [-0.1, -0.05) is 0 Å². The van der Waals surface area contributed by atoms with Gasteiger partial charge in [-0.05, 0) is 28.5 Å². The topological polar surface area (TPSA) is 80.0 Å². The van der Waals surface area contributed by atoms with E-state index in [1.54, 1.807) is 16.8 Å². The van der Waals surface area contributed by atoms with Gasteiger partial charge in [0, 0.05) is 0 Å². The molecule has 0 amide bonds. The van der Waals surface area contributed by atoms with Gasteiger partial charge in [0.15, 0.2) is 0 Å². The van der Waals surface area contributed by atoms with Crippen LogP contribution in [0.3, 0.4) is 0 Å². The molecule has 3 heterocycles. The number of nitrogens with zero attached hydrogens (tertiary/aromatic N) is 3. The van der Waals surface area contributed by atoms with Gasteiger partial charge in [0.05, 0.1) is 0 Å². The molecule has 0 spiro atoms. The highest BCUT2D eigenvalue weighted by molar-refractivity contribution is 7.08. The number of aliphatic carboxylic acids is 1. The van der Waals surface area contributed by atoms with Crippen LogP contribution >= 0.6 is 11.3 Å². The lowest BCUT2D eigenvalue weighted by molar-refractivity contribution is -0.145. The van der Waals surface area contributed by atoms with Crippen LogP contribution in [0.4, 0.5) is 19.1 Å². The van der Waals surface area contributed by atoms with Crippen molar-refractivity contribution < 1.29 is 23.1 Å². The summed E-state index contributed by atoms with van der Waals surface area (Å²) in [5.41, 5.74) is 0.403. The van der Waals surface area contributed by atoms with Crippen LogP contribution in [0.15, 0.2) is 28.6 Å². The summed E-state index contributed by atoms with van der Waals surface area (Å²) >= 11 is 1.35. The first-order chi connectivity index (χ1) is 9.86. The van der Waals surface area contributed by atoms with Crippen molar-refractivity contribution in [3.8, 4) is 0 Å². The first-order valence-corrected chi connectivity index (χ1v) is 6.58. The smallest absolute Gasteiger partial charge is 0.453 e. The number of carbonyl (C=O) groups is 1. The summed E-state index contributed by atoms with van der Waals surface area (Å²) in [6, 6.07) is 0.942. The van der Waals surface area contributed by atoms with Gasteiger partial charge in [0.25, 0.3) is 5.82 Å². The number of fused-ring (bicyclic) bond motifs is 1. The van der Waals surface area contributed by atoms with Gasteiger partial charge in [-0.15, -0.1) is 5.10 Å². The normalized spacial score (nSPS) is 17.9. The third kappa shape index (κ3) is 2.37. The average molecular weight is 316 g/mol. The fourth-order valence-electron chi connectivity index (χ4n) is 1.92. The summed E-state index contributed by atoms with van der Waals surface area (Å²) in [5, 5.41) is 18.3. The number of aromatic nitrogens is 3. The Hall–Kier alpha value is -2.36. The van der Waals surface area contributed by atoms with Gasteiger partial charge in [-0.25, -0.2) is 9.48 Å². The Labute approximate surface area is 119 Å². The van der Waals surface area contributed by atoms with E-state index in [0.717, 1.165) is 4.68 Å². The molecule has 1 atom stereocenters. The first kappa shape index (κ1) is 13.6. The average Bonchev–Trinajstić information content (AvgIpc) is 3.05. The molecule has 2 aromatic heterocycles. The number of rotatable bonds is 2. The highest BCUT2D eigenvalue weighted by atomic mass is 32.1. The van der Waals surface area contributed by atoms with Crippen LogP contribution in [0.5, 0.6) is 0 Å². The van der Waals surface area contributed by atoms with Crippen LogP contribution in [0.1, 0.15) is 17.4 Å². The maximum atomic E-state index is 12.7. The molecule has 1 aliphatic heterocycles. The van der Waals surface area contributed by atoms with Crippen LogP contribution in [-0.2, 0) is 11.0 Å². The zero-order valence-electron chi connectivity index (χ0n) is 10.1. The number of carboxylic acids is 1. The van der Waals surface area contributed by atoms with Crippen molar-refractivity contribution in [2.75, 3.05) is 5.32 Å². The number of halogens is 3. The highest BCUT2D eigenvalue weighted by Gasteiger charge is 2.39. The Bertz CT molecular complexity index is 720. The van der Waals surface area contributed by atoms with E-state index >= 15 is 0 Å². The van der Waals surface area contributed by atoms with Crippen molar-refractivity contribution in [2.45, 2.75) is 12.2 Å². The maximum absolute atomic E-state index is 12.7. The minimum atomic E-state index is -4.70. The number of thiophene rings is 1. The van der Waals surface area contributed by atoms with Crippen LogP contribution < -0.4 is 5.32 Å². The molecule has 110 valence electrons. The summed E-state index contributed by atoms with van der Waals surface area (Å²) in [4.78, 5) is 14.4. The quantitative estimate of drug-likeness (QED) is 0.889. The van der Waals surface area contributed by atoms with E-state index in [1.165, 1.54) is 17.4 Å². The zero-order chi connectivity index (χ0) is 15.2. The monoisotopic (exact) mass is 316 g/mol. The predicted molar refractivity (Wildman–Crippen MR) is 66.8 cm³/mol. The molecule has 0 saturated heterocycles. The van der Waals surface area contributed by atoms with E-state index in [0.29, 0.717) is 5.56 Å². The molecule has 1 aliphatic rings. The second-order valence-electron chi connectivity index (χ2n) is 4.21. The Kier molecular flexibility index (Phi) is 2.97. The number of carboxylic acid groups (broad SMARTS) is 1. The van der Waals surface area contributed by atoms with Crippen LogP contribution in [0, 0.1) is 0 Å². The fraction of sp³-hybridized carbons (Fsp3) is 0.182. The van der Waals surface area contributed by atoms with Gasteiger partial charge in [-0.3, -0.25) is 0 Å². The fourth-order valence-corrected chi connectivity index (χ4v) is 2.61. The van der Waals surface area contributed by atoms with Gasteiger partial charge in [-0.2, -0.15) is 29.5 Å². The summed E-state index contributed by atoms with van der Waals surface area (Å²) in [7, 11) is 0. The highest BCUT2D eigenvalue weighted by Crippen LogP contribution is 2.33. The molecule has 0 bridgehead atoms. The Morgan fingerprint density at radius 3 is 2.81 bits per heavy atom. The minimum Gasteiger partial charge on any atom is -0.477 e. The largest absolute Gasteiger partial charge is 0.477 e.